The molecule has 0 bridgehead atoms. The van der Waals surface area contributed by atoms with Gasteiger partial charge < -0.3 is 0 Å². The molecule has 0 amide bonds. The van der Waals surface area contributed by atoms with E-state index in [0.717, 1.165) is 9.98 Å². The molecule has 98 valence electrons. The molecule has 1 saturated carbocycles. The molecule has 0 aliphatic heterocycles. The van der Waals surface area contributed by atoms with E-state index in [2.05, 4.69) is 0 Å². The molecule has 1 fully saturated rings. The number of ketones is 1. The van der Waals surface area contributed by atoms with Gasteiger partial charge in [0.2, 0.25) is 0 Å². The fraction of sp³-hybridized carbons (Fsp3) is 0.417. The summed E-state index contributed by atoms with van der Waals surface area (Å²) >= 11 is 0. The lowest BCUT2D eigenvalue weighted by atomic mass is 10.2. The van der Waals surface area contributed by atoms with Gasteiger partial charge in [-0.3, -0.25) is 10.6 Å². The highest BCUT2D eigenvalue weighted by atomic mass is 32.2. The second kappa shape index (κ2) is 4.15. The van der Waals surface area contributed by atoms with E-state index in [1.54, 1.807) is 12.1 Å². The summed E-state index contributed by atoms with van der Waals surface area (Å²) in [6, 6.07) is 6.41. The largest absolute Gasteiger partial charge is 0.298 e. The van der Waals surface area contributed by atoms with Crippen molar-refractivity contribution >= 4 is 15.8 Å². The maximum Gasteiger partial charge on any atom is 0.256 e. The van der Waals surface area contributed by atoms with E-state index in [-0.39, 0.29) is 10.7 Å². The molecule has 1 aromatic rings. The highest BCUT2D eigenvalue weighted by Gasteiger charge is 2.56. The number of hydrazine groups is 1. The number of nitrogens with two attached hydrogens (primary N) is 1. The van der Waals surface area contributed by atoms with Gasteiger partial charge in [-0.05, 0) is 38.8 Å². The van der Waals surface area contributed by atoms with Gasteiger partial charge in [0, 0.05) is 0 Å². The lowest BCUT2D eigenvalue weighted by Crippen LogP contribution is -2.50. The van der Waals surface area contributed by atoms with Gasteiger partial charge in [-0.15, -0.1) is 4.41 Å². The Bertz CT molecular complexity index is 574. The van der Waals surface area contributed by atoms with E-state index in [4.69, 9.17) is 5.84 Å². The van der Waals surface area contributed by atoms with Gasteiger partial charge in [0.1, 0.15) is 5.54 Å². The first-order valence-corrected chi connectivity index (χ1v) is 7.12. The van der Waals surface area contributed by atoms with Gasteiger partial charge in [0.25, 0.3) is 10.0 Å². The molecule has 0 aromatic heterocycles. The molecule has 0 heterocycles. The lowest BCUT2D eigenvalue weighted by molar-refractivity contribution is -0.121. The number of nitrogens with zero attached hydrogens (tertiary/aromatic N) is 1. The summed E-state index contributed by atoms with van der Waals surface area (Å²) < 4.78 is 25.3. The fourth-order valence-electron chi connectivity index (χ4n) is 1.90. The fourth-order valence-corrected chi connectivity index (χ4v) is 3.38. The zero-order valence-electron chi connectivity index (χ0n) is 10.4. The third-order valence-corrected chi connectivity index (χ3v) is 5.11. The summed E-state index contributed by atoms with van der Waals surface area (Å²) in [5, 5.41) is 0. The van der Waals surface area contributed by atoms with Crippen LogP contribution in [0.15, 0.2) is 29.2 Å². The smallest absolute Gasteiger partial charge is 0.256 e. The Balaban J connectivity index is 2.38. The minimum Gasteiger partial charge on any atom is -0.298 e. The Morgan fingerprint density at radius 3 is 2.17 bits per heavy atom. The maximum atomic E-state index is 12.3. The SMILES string of the molecule is CC(=O)C1(N(N)S(=O)(=O)c2ccc(C)cc2)CC1. The van der Waals surface area contributed by atoms with Gasteiger partial charge in [0.15, 0.2) is 5.78 Å². The van der Waals surface area contributed by atoms with Gasteiger partial charge in [-0.25, -0.2) is 8.42 Å². The van der Waals surface area contributed by atoms with Crippen LogP contribution >= 0.6 is 0 Å². The first kappa shape index (κ1) is 13.2. The molecule has 0 radical (unpaired) electrons. The summed E-state index contributed by atoms with van der Waals surface area (Å²) in [6.07, 6.45) is 0.980. The first-order chi connectivity index (χ1) is 8.30. The summed E-state index contributed by atoms with van der Waals surface area (Å²) in [7, 11) is -3.81. The summed E-state index contributed by atoms with van der Waals surface area (Å²) in [5.41, 5.74) is -0.0609. The van der Waals surface area contributed by atoms with E-state index in [1.807, 2.05) is 6.92 Å². The summed E-state index contributed by atoms with van der Waals surface area (Å²) in [4.78, 5) is 11.6. The molecule has 0 atom stereocenters. The predicted molar refractivity (Wildman–Crippen MR) is 67.0 cm³/mol. The second-order valence-electron chi connectivity index (χ2n) is 4.70. The van der Waals surface area contributed by atoms with Crippen molar-refractivity contribution in [2.75, 3.05) is 0 Å². The van der Waals surface area contributed by atoms with Gasteiger partial charge in [-0.2, -0.15) is 0 Å². The normalized spacial score (nSPS) is 17.8. The number of rotatable bonds is 4. The monoisotopic (exact) mass is 268 g/mol. The first-order valence-electron chi connectivity index (χ1n) is 5.68. The molecule has 1 aromatic carbocycles. The molecule has 2 N–H and O–H groups in total. The van der Waals surface area contributed by atoms with E-state index in [0.29, 0.717) is 12.8 Å². The number of hydrogen-bond donors (Lipinski definition) is 1. The molecule has 5 nitrogen and oxygen atoms in total. The van der Waals surface area contributed by atoms with Crippen molar-refractivity contribution in [3.63, 3.8) is 0 Å². The van der Waals surface area contributed by atoms with Gasteiger partial charge in [0.05, 0.1) is 4.90 Å². The predicted octanol–water partition coefficient (Wildman–Crippen LogP) is 0.981. The number of carbonyl (C=O) groups excluding carboxylic acids is 1. The van der Waals surface area contributed by atoms with Crippen molar-refractivity contribution in [1.82, 2.24) is 4.41 Å². The Morgan fingerprint density at radius 1 is 1.28 bits per heavy atom. The molecule has 0 spiro atoms. The number of benzene rings is 1. The van der Waals surface area contributed by atoms with E-state index in [1.165, 1.54) is 19.1 Å². The molecule has 1 aliphatic carbocycles. The van der Waals surface area contributed by atoms with Crippen LogP contribution in [0.2, 0.25) is 0 Å². The summed E-state index contributed by atoms with van der Waals surface area (Å²) in [5.74, 6) is 5.48. The molecule has 0 unspecified atom stereocenters. The Morgan fingerprint density at radius 2 is 1.78 bits per heavy atom. The molecular formula is C12H16N2O3S. The molecule has 6 heteroatoms. The third-order valence-electron chi connectivity index (χ3n) is 3.38. The van der Waals surface area contributed by atoms with Crippen molar-refractivity contribution in [2.45, 2.75) is 37.1 Å². The molecule has 2 rings (SSSR count). The number of hydrogen-bond acceptors (Lipinski definition) is 4. The van der Waals surface area contributed by atoms with E-state index < -0.39 is 15.6 Å². The van der Waals surface area contributed by atoms with Crippen LogP contribution in [0, 0.1) is 6.92 Å². The Labute approximate surface area is 107 Å². The number of carbonyl (C=O) groups is 1. The number of Topliss-reactive ketones (excluding diaryl/α,β-unsaturated/α-hetero) is 1. The second-order valence-corrected chi connectivity index (χ2v) is 6.52. The van der Waals surface area contributed by atoms with Crippen LogP contribution in [0.25, 0.3) is 0 Å². The summed E-state index contributed by atoms with van der Waals surface area (Å²) in [6.45, 7) is 3.24. The average molecular weight is 268 g/mol. The van der Waals surface area contributed by atoms with Crippen molar-refractivity contribution in [3.05, 3.63) is 29.8 Å². The lowest BCUT2D eigenvalue weighted by Gasteiger charge is -2.24. The molecule has 18 heavy (non-hydrogen) atoms. The van der Waals surface area contributed by atoms with Crippen molar-refractivity contribution in [1.29, 1.82) is 0 Å². The van der Waals surface area contributed by atoms with Crippen LogP contribution < -0.4 is 5.84 Å². The molecular weight excluding hydrogens is 252 g/mol. The maximum absolute atomic E-state index is 12.3. The number of sulfonamides is 1. The highest BCUT2D eigenvalue weighted by Crippen LogP contribution is 2.43. The van der Waals surface area contributed by atoms with Crippen molar-refractivity contribution < 1.29 is 13.2 Å². The van der Waals surface area contributed by atoms with Crippen LogP contribution in [0.3, 0.4) is 0 Å². The van der Waals surface area contributed by atoms with Crippen LogP contribution in [0.5, 0.6) is 0 Å². The van der Waals surface area contributed by atoms with Crippen LogP contribution in [0.4, 0.5) is 0 Å². The van der Waals surface area contributed by atoms with Crippen LogP contribution in [-0.4, -0.2) is 24.2 Å². The quantitative estimate of drug-likeness (QED) is 0.652. The van der Waals surface area contributed by atoms with Gasteiger partial charge in [-0.1, -0.05) is 17.7 Å². The van der Waals surface area contributed by atoms with Crippen molar-refractivity contribution in [3.8, 4) is 0 Å². The van der Waals surface area contributed by atoms with Crippen LogP contribution in [-0.2, 0) is 14.8 Å². The zero-order chi connectivity index (χ0) is 13.6. The molecule has 1 aliphatic rings. The van der Waals surface area contributed by atoms with E-state index in [9.17, 15) is 13.2 Å². The Kier molecular flexibility index (Phi) is 3.04. The zero-order valence-corrected chi connectivity index (χ0v) is 11.2. The average Bonchev–Trinajstić information content (AvgIpc) is 3.09. The number of aryl methyl sites for hydroxylation is 1. The van der Waals surface area contributed by atoms with Crippen LogP contribution in [0.1, 0.15) is 25.3 Å². The Hall–Kier alpha value is -1.24. The minimum atomic E-state index is -3.81. The minimum absolute atomic E-state index is 0.114. The van der Waals surface area contributed by atoms with Crippen molar-refractivity contribution in [2.24, 2.45) is 5.84 Å². The molecule has 0 saturated heterocycles. The van der Waals surface area contributed by atoms with Gasteiger partial charge >= 0.3 is 0 Å². The third kappa shape index (κ3) is 1.96. The van der Waals surface area contributed by atoms with E-state index >= 15 is 0 Å². The highest BCUT2D eigenvalue weighted by molar-refractivity contribution is 7.89. The standard InChI is InChI=1S/C12H16N2O3S/c1-9-3-5-11(6-4-9)18(16,17)14(13)12(7-8-12)10(2)15/h3-6H,7-8,13H2,1-2H3. The topological polar surface area (TPSA) is 80.5 Å².